The lowest BCUT2D eigenvalue weighted by Gasteiger charge is -2.36. The Bertz CT molecular complexity index is 888. The normalized spacial score (nSPS) is 14.4. The molecule has 1 heterocycles. The Morgan fingerprint density at radius 3 is 2.30 bits per heavy atom. The van der Waals surface area contributed by atoms with Crippen LogP contribution in [0, 0.1) is 5.82 Å². The van der Waals surface area contributed by atoms with Gasteiger partial charge in [-0.15, -0.1) is 0 Å². The largest absolute Gasteiger partial charge is 0.494 e. The molecule has 1 fully saturated rings. The summed E-state index contributed by atoms with van der Waals surface area (Å²) in [6.45, 7) is 8.29. The van der Waals surface area contributed by atoms with Gasteiger partial charge in [0.2, 0.25) is 0 Å². The van der Waals surface area contributed by atoms with Crippen molar-refractivity contribution in [3.63, 3.8) is 0 Å². The predicted octanol–water partition coefficient (Wildman–Crippen LogP) is 4.22. The van der Waals surface area contributed by atoms with E-state index in [0.717, 1.165) is 24.5 Å². The summed E-state index contributed by atoms with van der Waals surface area (Å²) in [5.41, 5.74) is 8.18. The monoisotopic (exact) mass is 416 g/mol. The van der Waals surface area contributed by atoms with Gasteiger partial charge in [0.15, 0.2) is 11.6 Å². The molecule has 0 saturated carbocycles. The number of nitrogens with one attached hydrogen (secondary N) is 1. The molecule has 1 aliphatic heterocycles. The van der Waals surface area contributed by atoms with Crippen molar-refractivity contribution < 1.29 is 18.7 Å². The zero-order valence-electron chi connectivity index (χ0n) is 17.9. The first-order chi connectivity index (χ1) is 14.2. The molecule has 1 aliphatic rings. The summed E-state index contributed by atoms with van der Waals surface area (Å²) in [4.78, 5) is 16.2. The van der Waals surface area contributed by atoms with Crippen LogP contribution in [0.1, 0.15) is 20.8 Å². The van der Waals surface area contributed by atoms with Gasteiger partial charge >= 0.3 is 6.09 Å². The lowest BCUT2D eigenvalue weighted by molar-refractivity contribution is 0.0240. The summed E-state index contributed by atoms with van der Waals surface area (Å²) in [6.07, 6.45) is -0.269. The summed E-state index contributed by atoms with van der Waals surface area (Å²) >= 11 is 0. The molecule has 8 heteroatoms. The molecule has 0 aromatic heterocycles. The van der Waals surface area contributed by atoms with Crippen LogP contribution in [0.25, 0.3) is 0 Å². The average Bonchev–Trinajstić information content (AvgIpc) is 2.69. The number of nitrogens with two attached hydrogens (primary N) is 1. The van der Waals surface area contributed by atoms with Crippen LogP contribution in [0.5, 0.6) is 5.75 Å². The summed E-state index contributed by atoms with van der Waals surface area (Å²) < 4.78 is 24.2. The second-order valence-corrected chi connectivity index (χ2v) is 8.20. The molecule has 0 atom stereocenters. The van der Waals surface area contributed by atoms with Crippen LogP contribution in [0.3, 0.4) is 0 Å². The van der Waals surface area contributed by atoms with E-state index in [-0.39, 0.29) is 11.8 Å². The van der Waals surface area contributed by atoms with Crippen molar-refractivity contribution in [2.75, 3.05) is 49.2 Å². The van der Waals surface area contributed by atoms with Crippen molar-refractivity contribution in [3.8, 4) is 5.75 Å². The van der Waals surface area contributed by atoms with Crippen LogP contribution >= 0.6 is 0 Å². The van der Waals surface area contributed by atoms with Gasteiger partial charge in [-0.1, -0.05) is 0 Å². The molecule has 0 unspecified atom stereocenters. The van der Waals surface area contributed by atoms with Gasteiger partial charge < -0.3 is 30.3 Å². The Kier molecular flexibility index (Phi) is 6.24. The first-order valence-corrected chi connectivity index (χ1v) is 9.89. The number of carbonyl (C=O) groups is 1. The van der Waals surface area contributed by atoms with Gasteiger partial charge in [0.25, 0.3) is 0 Å². The van der Waals surface area contributed by atoms with Crippen LogP contribution in [-0.4, -0.2) is 49.9 Å². The SMILES string of the molecule is COc1cc(Nc2ccc(N3CCN(C(=O)OC(C)(C)C)CC3)cc2)c(N)cc1F. The third kappa shape index (κ3) is 5.25. The van der Waals surface area contributed by atoms with Crippen molar-refractivity contribution in [1.82, 2.24) is 4.90 Å². The fourth-order valence-corrected chi connectivity index (χ4v) is 3.22. The Hall–Kier alpha value is -3.16. The number of nitrogens with zero attached hydrogens (tertiary/aromatic N) is 2. The molecule has 1 amide bonds. The van der Waals surface area contributed by atoms with E-state index in [1.54, 1.807) is 4.90 Å². The van der Waals surface area contributed by atoms with Gasteiger partial charge in [-0.2, -0.15) is 0 Å². The minimum Gasteiger partial charge on any atom is -0.494 e. The van der Waals surface area contributed by atoms with E-state index < -0.39 is 11.4 Å². The zero-order chi connectivity index (χ0) is 21.9. The summed E-state index contributed by atoms with van der Waals surface area (Å²) in [5.74, 6) is -0.368. The molecule has 7 nitrogen and oxygen atoms in total. The fraction of sp³-hybridized carbons (Fsp3) is 0.409. The van der Waals surface area contributed by atoms with Crippen LogP contribution in [-0.2, 0) is 4.74 Å². The molecule has 0 spiro atoms. The highest BCUT2D eigenvalue weighted by Gasteiger charge is 2.25. The van der Waals surface area contributed by atoms with Gasteiger partial charge in [-0.25, -0.2) is 9.18 Å². The summed E-state index contributed by atoms with van der Waals surface area (Å²) in [5, 5.41) is 3.19. The third-order valence-electron chi connectivity index (χ3n) is 4.77. The number of piperazine rings is 1. The third-order valence-corrected chi connectivity index (χ3v) is 4.77. The minimum absolute atomic E-state index is 0.131. The van der Waals surface area contributed by atoms with E-state index >= 15 is 0 Å². The van der Waals surface area contributed by atoms with Crippen molar-refractivity contribution in [1.29, 1.82) is 0 Å². The quantitative estimate of drug-likeness (QED) is 0.727. The number of amides is 1. The number of hydrogen-bond donors (Lipinski definition) is 2. The number of halogens is 1. The van der Waals surface area contributed by atoms with Crippen molar-refractivity contribution in [3.05, 3.63) is 42.2 Å². The molecule has 162 valence electrons. The molecule has 3 N–H and O–H groups in total. The van der Waals surface area contributed by atoms with E-state index in [0.29, 0.717) is 24.5 Å². The zero-order valence-corrected chi connectivity index (χ0v) is 17.9. The number of hydrogen-bond acceptors (Lipinski definition) is 6. The van der Waals surface area contributed by atoms with Gasteiger partial charge in [0, 0.05) is 49.7 Å². The molecule has 0 aliphatic carbocycles. The van der Waals surface area contributed by atoms with Crippen LogP contribution < -0.4 is 20.7 Å². The topological polar surface area (TPSA) is 80.1 Å². The number of nitrogen functional groups attached to an aromatic ring is 1. The minimum atomic E-state index is -0.499. The Balaban J connectivity index is 1.60. The van der Waals surface area contributed by atoms with Gasteiger partial charge in [0.05, 0.1) is 18.5 Å². The molecule has 1 saturated heterocycles. The Morgan fingerprint density at radius 2 is 1.73 bits per heavy atom. The lowest BCUT2D eigenvalue weighted by Crippen LogP contribution is -2.50. The van der Waals surface area contributed by atoms with E-state index in [1.807, 2.05) is 45.0 Å². The molecular weight excluding hydrogens is 387 g/mol. The molecule has 2 aromatic carbocycles. The molecule has 2 aromatic rings. The molecule has 3 rings (SSSR count). The molecule has 0 bridgehead atoms. The number of methoxy groups -OCH3 is 1. The first kappa shape index (κ1) is 21.5. The maximum atomic E-state index is 13.7. The second-order valence-electron chi connectivity index (χ2n) is 8.20. The average molecular weight is 416 g/mol. The number of carbonyl (C=O) groups excluding carboxylic acids is 1. The van der Waals surface area contributed by atoms with E-state index in [2.05, 4.69) is 10.2 Å². The number of rotatable bonds is 4. The second kappa shape index (κ2) is 8.69. The molecule has 30 heavy (non-hydrogen) atoms. The van der Waals surface area contributed by atoms with Gasteiger partial charge in [-0.05, 0) is 45.0 Å². The number of ether oxygens (including phenoxy) is 2. The fourth-order valence-electron chi connectivity index (χ4n) is 3.22. The standard InChI is InChI=1S/C22H29FN4O3/c1-22(2,3)30-21(28)27-11-9-26(10-12-27)16-7-5-15(6-8-16)25-19-14-20(29-4)17(23)13-18(19)24/h5-8,13-14,25H,9-12,24H2,1-4H3. The van der Waals surface area contributed by atoms with Crippen LogP contribution in [0.4, 0.5) is 31.9 Å². The molecule has 0 radical (unpaired) electrons. The maximum Gasteiger partial charge on any atom is 0.410 e. The van der Waals surface area contributed by atoms with Gasteiger partial charge in [0.1, 0.15) is 5.60 Å². The van der Waals surface area contributed by atoms with Gasteiger partial charge in [-0.3, -0.25) is 0 Å². The summed E-state index contributed by atoms with van der Waals surface area (Å²) in [7, 11) is 1.41. The molecular formula is C22H29FN4O3. The highest BCUT2D eigenvalue weighted by atomic mass is 19.1. The highest BCUT2D eigenvalue weighted by Crippen LogP contribution is 2.31. The Morgan fingerprint density at radius 1 is 1.10 bits per heavy atom. The first-order valence-electron chi connectivity index (χ1n) is 9.89. The predicted molar refractivity (Wildman–Crippen MR) is 117 cm³/mol. The van der Waals surface area contributed by atoms with E-state index in [4.69, 9.17) is 15.2 Å². The van der Waals surface area contributed by atoms with Crippen molar-refractivity contribution >= 4 is 28.8 Å². The Labute approximate surface area is 176 Å². The van der Waals surface area contributed by atoms with Crippen LogP contribution in [0.2, 0.25) is 0 Å². The van der Waals surface area contributed by atoms with E-state index in [1.165, 1.54) is 19.2 Å². The lowest BCUT2D eigenvalue weighted by atomic mass is 10.2. The smallest absolute Gasteiger partial charge is 0.410 e. The maximum absolute atomic E-state index is 13.7. The number of anilines is 4. The van der Waals surface area contributed by atoms with E-state index in [9.17, 15) is 9.18 Å². The van der Waals surface area contributed by atoms with Crippen molar-refractivity contribution in [2.45, 2.75) is 26.4 Å². The number of benzene rings is 2. The summed E-state index contributed by atoms with van der Waals surface area (Å²) in [6, 6.07) is 10.6. The van der Waals surface area contributed by atoms with Crippen molar-refractivity contribution in [2.24, 2.45) is 0 Å². The highest BCUT2D eigenvalue weighted by molar-refractivity contribution is 5.75. The van der Waals surface area contributed by atoms with Crippen LogP contribution in [0.15, 0.2) is 36.4 Å².